The highest BCUT2D eigenvalue weighted by Crippen LogP contribution is 2.23. The first kappa shape index (κ1) is 25.2. The lowest BCUT2D eigenvalue weighted by Gasteiger charge is -2.19. The molecule has 0 aliphatic heterocycles. The van der Waals surface area contributed by atoms with E-state index in [1.807, 2.05) is 6.92 Å². The van der Waals surface area contributed by atoms with Crippen LogP contribution in [0.1, 0.15) is 29.2 Å². The Labute approximate surface area is 198 Å². The number of ether oxygens (including phenoxy) is 1. The minimum Gasteiger partial charge on any atom is -0.505 e. The van der Waals surface area contributed by atoms with E-state index in [0.717, 1.165) is 16.2 Å². The fraction of sp³-hybridized carbons (Fsp3) is 0.208. The molecule has 11 heteroatoms. The fourth-order valence-corrected chi connectivity index (χ4v) is 3.37. The summed E-state index contributed by atoms with van der Waals surface area (Å²) in [7, 11) is 0. The molecule has 0 unspecified atom stereocenters. The maximum atomic E-state index is 12.9. The molecule has 0 bridgehead atoms. The summed E-state index contributed by atoms with van der Waals surface area (Å²) in [5.74, 6) is -1.79. The van der Waals surface area contributed by atoms with Gasteiger partial charge in [0.2, 0.25) is 0 Å². The highest BCUT2D eigenvalue weighted by Gasteiger charge is 2.20. The summed E-state index contributed by atoms with van der Waals surface area (Å²) in [6.45, 7) is -1.37. The smallest absolute Gasteiger partial charge is 0.387 e. The predicted octanol–water partition coefficient (Wildman–Crippen LogP) is 3.85. The number of hydrogen-bond acceptors (Lipinski definition) is 5. The molecule has 0 saturated carbocycles. The quantitative estimate of drug-likeness (QED) is 0.363. The van der Waals surface area contributed by atoms with Crippen LogP contribution < -0.4 is 20.9 Å². The number of aliphatic carboxylic acids is 1. The monoisotopic (exact) mass is 487 g/mol. The summed E-state index contributed by atoms with van der Waals surface area (Å²) < 4.78 is 30.9. The zero-order valence-corrected chi connectivity index (χ0v) is 18.6. The number of aromatic nitrogens is 1. The Balaban J connectivity index is 1.82. The van der Waals surface area contributed by atoms with E-state index in [-0.39, 0.29) is 17.9 Å². The van der Waals surface area contributed by atoms with Crippen molar-refractivity contribution in [3.05, 3.63) is 87.8 Å². The minimum absolute atomic E-state index is 0.121. The zero-order chi connectivity index (χ0) is 25.5. The van der Waals surface area contributed by atoms with Gasteiger partial charge in [-0.1, -0.05) is 48.0 Å². The van der Waals surface area contributed by atoms with E-state index in [2.05, 4.69) is 15.4 Å². The molecule has 0 radical (unpaired) electrons. The molecule has 0 aliphatic rings. The van der Waals surface area contributed by atoms with Crippen LogP contribution in [-0.4, -0.2) is 33.4 Å². The number of benzene rings is 2. The third-order valence-electron chi connectivity index (χ3n) is 5.07. The Bertz CT molecular complexity index is 1260. The summed E-state index contributed by atoms with van der Waals surface area (Å²) >= 11 is 0. The lowest BCUT2D eigenvalue weighted by molar-refractivity contribution is -0.137. The Kier molecular flexibility index (Phi) is 8.03. The zero-order valence-electron chi connectivity index (χ0n) is 18.6. The average Bonchev–Trinajstić information content (AvgIpc) is 2.79. The number of nitrogens with one attached hydrogen (secondary N) is 2. The van der Waals surface area contributed by atoms with Crippen molar-refractivity contribution in [1.29, 1.82) is 0 Å². The number of halogens is 2. The maximum absolute atomic E-state index is 12.9. The van der Waals surface area contributed by atoms with Crippen LogP contribution in [0.15, 0.2) is 65.6 Å². The van der Waals surface area contributed by atoms with Crippen molar-refractivity contribution < 1.29 is 33.3 Å². The first-order valence-electron chi connectivity index (χ1n) is 10.4. The third-order valence-corrected chi connectivity index (χ3v) is 5.07. The Morgan fingerprint density at radius 1 is 1.09 bits per heavy atom. The number of alkyl halides is 2. The third kappa shape index (κ3) is 6.79. The van der Waals surface area contributed by atoms with Gasteiger partial charge in [0.05, 0.1) is 19.0 Å². The van der Waals surface area contributed by atoms with E-state index in [0.29, 0.717) is 5.56 Å². The molecule has 0 spiro atoms. The average molecular weight is 487 g/mol. The summed E-state index contributed by atoms with van der Waals surface area (Å²) in [6, 6.07) is 12.1. The van der Waals surface area contributed by atoms with Crippen LogP contribution in [0.25, 0.3) is 0 Å². The van der Waals surface area contributed by atoms with Crippen LogP contribution in [-0.2, 0) is 11.3 Å². The molecule has 2 aromatic carbocycles. The number of hydrogen-bond donors (Lipinski definition) is 4. The van der Waals surface area contributed by atoms with Crippen molar-refractivity contribution in [2.75, 3.05) is 5.32 Å². The number of anilines is 1. The minimum atomic E-state index is -3.05. The molecule has 4 N–H and O–H groups in total. The first-order chi connectivity index (χ1) is 16.6. The first-order valence-corrected chi connectivity index (χ1v) is 10.4. The number of aryl methyl sites for hydroxylation is 1. The summed E-state index contributed by atoms with van der Waals surface area (Å²) in [4.78, 5) is 36.8. The van der Waals surface area contributed by atoms with Crippen molar-refractivity contribution in [2.24, 2.45) is 0 Å². The number of carbonyl (C=O) groups is 2. The van der Waals surface area contributed by atoms with Crippen LogP contribution in [0.2, 0.25) is 0 Å². The van der Waals surface area contributed by atoms with E-state index < -0.39 is 48.1 Å². The number of rotatable bonds is 9. The van der Waals surface area contributed by atoms with Crippen LogP contribution in [0, 0.1) is 6.92 Å². The van der Waals surface area contributed by atoms with Crippen molar-refractivity contribution in [3.63, 3.8) is 0 Å². The Morgan fingerprint density at radius 3 is 2.43 bits per heavy atom. The van der Waals surface area contributed by atoms with Gasteiger partial charge in [-0.3, -0.25) is 9.59 Å². The number of aromatic hydroxyl groups is 1. The van der Waals surface area contributed by atoms with Crippen LogP contribution >= 0.6 is 0 Å². The largest absolute Gasteiger partial charge is 0.505 e. The lowest BCUT2D eigenvalue weighted by Crippen LogP contribution is -2.36. The SMILES string of the molecule is Cc1ccc([C@H](CC(=O)O)NC(=O)Nc2c(O)ccn(Cc3ccccc3OC(F)F)c2=O)cc1. The molecule has 3 rings (SSSR count). The van der Waals surface area contributed by atoms with Crippen LogP contribution in [0.3, 0.4) is 0 Å². The van der Waals surface area contributed by atoms with E-state index in [9.17, 15) is 33.4 Å². The number of carboxylic acids is 1. The summed E-state index contributed by atoms with van der Waals surface area (Å²) in [5.41, 5.74) is 0.491. The van der Waals surface area contributed by atoms with E-state index >= 15 is 0 Å². The van der Waals surface area contributed by atoms with Crippen molar-refractivity contribution in [1.82, 2.24) is 9.88 Å². The molecule has 0 aliphatic carbocycles. The van der Waals surface area contributed by atoms with Crippen molar-refractivity contribution in [3.8, 4) is 11.5 Å². The van der Waals surface area contributed by atoms with E-state index in [4.69, 9.17) is 0 Å². The number of para-hydroxylation sites is 1. The number of amides is 2. The maximum Gasteiger partial charge on any atom is 0.387 e. The highest BCUT2D eigenvalue weighted by atomic mass is 19.3. The van der Waals surface area contributed by atoms with Gasteiger partial charge < -0.3 is 30.2 Å². The predicted molar refractivity (Wildman–Crippen MR) is 123 cm³/mol. The van der Waals surface area contributed by atoms with Gasteiger partial charge in [0.25, 0.3) is 5.56 Å². The molecule has 0 saturated heterocycles. The van der Waals surface area contributed by atoms with Gasteiger partial charge in [-0.15, -0.1) is 0 Å². The van der Waals surface area contributed by atoms with E-state index in [1.54, 1.807) is 30.3 Å². The van der Waals surface area contributed by atoms with Gasteiger partial charge in [-0.25, -0.2) is 4.79 Å². The standard InChI is InChI=1S/C24H23F2N3O6/c1-14-6-8-15(9-7-14)17(12-20(31)32)27-24(34)28-21-18(30)10-11-29(22(21)33)13-16-4-2-3-5-19(16)35-23(25)26/h2-11,17,23,30H,12-13H2,1H3,(H,31,32)(H2,27,28,34)/t17-/m0/s1. The number of urea groups is 1. The number of carboxylic acid groups (broad SMARTS) is 1. The molecule has 0 fully saturated rings. The van der Waals surface area contributed by atoms with Gasteiger partial charge in [0, 0.05) is 11.8 Å². The molecule has 1 heterocycles. The number of nitrogens with zero attached hydrogens (tertiary/aromatic N) is 1. The fourth-order valence-electron chi connectivity index (χ4n) is 3.37. The van der Waals surface area contributed by atoms with Gasteiger partial charge in [0.1, 0.15) is 11.5 Å². The van der Waals surface area contributed by atoms with Crippen molar-refractivity contribution >= 4 is 17.7 Å². The molecule has 184 valence electrons. The second kappa shape index (κ2) is 11.1. The molecule has 3 aromatic rings. The molecular weight excluding hydrogens is 464 g/mol. The number of carbonyl (C=O) groups excluding carboxylic acids is 1. The highest BCUT2D eigenvalue weighted by molar-refractivity contribution is 5.91. The molecule has 1 atom stereocenters. The van der Waals surface area contributed by atoms with Gasteiger partial charge in [0.15, 0.2) is 5.69 Å². The number of pyridine rings is 1. The van der Waals surface area contributed by atoms with Gasteiger partial charge in [-0.2, -0.15) is 8.78 Å². The van der Waals surface area contributed by atoms with E-state index in [1.165, 1.54) is 24.4 Å². The van der Waals surface area contributed by atoms with Gasteiger partial charge >= 0.3 is 18.6 Å². The Morgan fingerprint density at radius 2 is 1.77 bits per heavy atom. The van der Waals surface area contributed by atoms with Crippen LogP contribution in [0.4, 0.5) is 19.3 Å². The topological polar surface area (TPSA) is 130 Å². The van der Waals surface area contributed by atoms with Crippen molar-refractivity contribution in [2.45, 2.75) is 32.5 Å². The molecule has 2 amide bonds. The lowest BCUT2D eigenvalue weighted by atomic mass is 10.0. The second-order valence-corrected chi connectivity index (χ2v) is 7.65. The summed E-state index contributed by atoms with van der Waals surface area (Å²) in [5, 5.41) is 24.1. The molecule has 1 aromatic heterocycles. The molecule has 9 nitrogen and oxygen atoms in total. The van der Waals surface area contributed by atoms with Gasteiger partial charge in [-0.05, 0) is 24.6 Å². The normalized spacial score (nSPS) is 11.7. The summed E-state index contributed by atoms with van der Waals surface area (Å²) in [6.07, 6.45) is 0.821. The second-order valence-electron chi connectivity index (χ2n) is 7.65. The van der Waals surface area contributed by atoms with Crippen LogP contribution in [0.5, 0.6) is 11.5 Å². The molecule has 35 heavy (non-hydrogen) atoms. The Hall–Kier alpha value is -4.41. The molecular formula is C24H23F2N3O6.